The molecule has 0 unspecified atom stereocenters. The Morgan fingerprint density at radius 2 is 0.821 bits per heavy atom. The van der Waals surface area contributed by atoms with Crippen molar-refractivity contribution >= 4 is 140 Å². The summed E-state index contributed by atoms with van der Waals surface area (Å²) in [6.07, 6.45) is 7.14. The zero-order chi connectivity index (χ0) is 28.9. The van der Waals surface area contributed by atoms with Gasteiger partial charge < -0.3 is 69.6 Å². The van der Waals surface area contributed by atoms with Crippen LogP contribution in [0.4, 0.5) is 23.3 Å². The third-order valence-electron chi connectivity index (χ3n) is 4.35. The van der Waals surface area contributed by atoms with Crippen LogP contribution in [0, 0.1) is 0 Å². The van der Waals surface area contributed by atoms with Gasteiger partial charge in [0, 0.05) is 24.8 Å². The molecule has 4 N–H and O–H groups in total. The predicted molar refractivity (Wildman–Crippen MR) is 178 cm³/mol. The number of thiocarbonyl (C=S) groups is 4. The van der Waals surface area contributed by atoms with Gasteiger partial charge in [-0.05, 0) is 57.2 Å². The molecule has 4 rings (SSSR count). The molecule has 0 aliphatic rings. The van der Waals surface area contributed by atoms with Crippen LogP contribution in [0.25, 0.3) is 0 Å². The van der Waals surface area contributed by atoms with E-state index in [1.165, 1.54) is 0 Å². The van der Waals surface area contributed by atoms with Gasteiger partial charge in [0.05, 0.1) is 0 Å². The van der Waals surface area contributed by atoms with Gasteiger partial charge in [0.1, 0.15) is 23.3 Å². The van der Waals surface area contributed by atoms with E-state index in [1.807, 2.05) is 48.5 Å². The fraction of sp³-hybridized carbons (Fsp3) is 0. The van der Waals surface area contributed by atoms with Crippen molar-refractivity contribution in [2.75, 3.05) is 20.0 Å². The summed E-state index contributed by atoms with van der Waals surface area (Å²) in [5.74, 6) is 2.91. The van der Waals surface area contributed by atoms with Crippen molar-refractivity contribution < 1.29 is 25.3 Å². The van der Waals surface area contributed by atoms with Gasteiger partial charge in [0.2, 0.25) is 0 Å². The number of hydrogen-bond donors (Lipinski definition) is 6. The molecule has 0 radical (unpaired) electrons. The van der Waals surface area contributed by atoms with Gasteiger partial charge in [0.15, 0.2) is 8.64 Å². The zero-order valence-corrected chi connectivity index (χ0v) is 28.0. The van der Waals surface area contributed by atoms with Crippen LogP contribution < -0.4 is 20.0 Å². The molecule has 39 heavy (non-hydrogen) atoms. The van der Waals surface area contributed by atoms with Crippen LogP contribution >= 0.6 is 74.1 Å². The Kier molecular flexibility index (Phi) is 14.6. The Morgan fingerprint density at radius 1 is 0.590 bits per heavy atom. The van der Waals surface area contributed by atoms with Crippen LogP contribution in [0.3, 0.4) is 0 Å². The summed E-state index contributed by atoms with van der Waals surface area (Å²) in [6, 6.07) is 14.8. The number of hydrogen-bond acceptors (Lipinski definition) is 8. The van der Waals surface area contributed by atoms with Crippen molar-refractivity contribution in [3.63, 3.8) is 0 Å². The van der Waals surface area contributed by atoms with E-state index in [1.54, 1.807) is 44.8 Å². The topological polar surface area (TPSA) is 110 Å². The number of rotatable bonds is 4. The average Bonchev–Trinajstić information content (AvgIpc) is 3.70. The standard InChI is InChI=1S/2C10H10N4S4.Mo.2O/c2*15-9(16)13(7-3-1-5-11-7)14(10(17)18)8-4-2-6-12-8;;;/h2*1-6,11-12H,(H,15,16)(H,17,18);;;/q;;+2;;/p-2. The average molecular weight is 755 g/mol. The van der Waals surface area contributed by atoms with E-state index in [4.69, 9.17) is 80.9 Å². The molecule has 0 saturated carbocycles. The number of aromatic nitrogens is 4. The first-order chi connectivity index (χ1) is 18.6. The molecule has 0 atom stereocenters. The first-order valence-corrected chi connectivity index (χ1v) is 15.2. The van der Waals surface area contributed by atoms with Crippen molar-refractivity contribution in [2.45, 2.75) is 0 Å². The molecule has 204 valence electrons. The molecule has 0 aliphatic heterocycles. The van der Waals surface area contributed by atoms with Crippen molar-refractivity contribution in [2.24, 2.45) is 0 Å². The molecule has 4 heterocycles. The molecular formula is C20H18MoN8O2S8. The number of H-pyrrole nitrogens is 4. The van der Waals surface area contributed by atoms with Gasteiger partial charge in [0.25, 0.3) is 0 Å². The fourth-order valence-corrected chi connectivity index (χ4v) is 4.45. The van der Waals surface area contributed by atoms with Crippen LogP contribution in [0.5, 0.6) is 0 Å². The summed E-state index contributed by atoms with van der Waals surface area (Å²) in [7, 11) is 0. The van der Waals surface area contributed by atoms with E-state index >= 15 is 0 Å². The number of nitrogens with one attached hydrogen (secondary N) is 4. The summed E-state index contributed by atoms with van der Waals surface area (Å²) < 4.78 is 18.2. The third-order valence-corrected chi connectivity index (χ3v) is 5.76. The van der Waals surface area contributed by atoms with Gasteiger partial charge in [-0.2, -0.15) is 0 Å². The maximum absolute atomic E-state index is 8.50. The summed E-state index contributed by atoms with van der Waals surface area (Å²) in [5, 5.41) is 6.46. The Labute approximate surface area is 276 Å². The van der Waals surface area contributed by atoms with E-state index in [2.05, 4.69) is 45.2 Å². The van der Waals surface area contributed by atoms with Crippen molar-refractivity contribution in [1.29, 1.82) is 0 Å². The third kappa shape index (κ3) is 9.61. The number of hydrazine groups is 2. The van der Waals surface area contributed by atoms with Crippen molar-refractivity contribution in [3.05, 3.63) is 73.3 Å². The van der Waals surface area contributed by atoms with E-state index in [0.717, 1.165) is 23.3 Å². The molecule has 4 aromatic heterocycles. The molecule has 0 amide bonds. The van der Waals surface area contributed by atoms with Crippen molar-refractivity contribution in [3.8, 4) is 0 Å². The molecule has 19 heteroatoms. The minimum atomic E-state index is -2.03. The van der Waals surface area contributed by atoms with Crippen LogP contribution in [0.15, 0.2) is 73.3 Å². The van der Waals surface area contributed by atoms with Gasteiger partial charge in [-0.1, -0.05) is 24.4 Å². The zero-order valence-electron chi connectivity index (χ0n) is 19.3. The predicted octanol–water partition coefficient (Wildman–Crippen LogP) is 4.99. The maximum atomic E-state index is 8.50. The van der Waals surface area contributed by atoms with Crippen molar-refractivity contribution in [1.82, 2.24) is 19.9 Å². The fourth-order valence-electron chi connectivity index (χ4n) is 2.98. The van der Waals surface area contributed by atoms with E-state index in [9.17, 15) is 0 Å². The van der Waals surface area contributed by atoms with Crippen LogP contribution in [-0.2, 0) is 50.5 Å². The van der Waals surface area contributed by atoms with Crippen LogP contribution in [-0.4, -0.2) is 37.2 Å². The molecule has 0 spiro atoms. The quantitative estimate of drug-likeness (QED) is 0.0556. The molecule has 0 aromatic carbocycles. The Morgan fingerprint density at radius 3 is 0.974 bits per heavy atom. The van der Waals surface area contributed by atoms with Gasteiger partial charge in [-0.3, -0.25) is 0 Å². The SMILES string of the molecule is S=C([S-])N(c1ccc[nH]1)N(C(=S)S)c1ccc[nH]1.S=C([S-])N(c1ccc[nH]1)N(C(=S)S)c1ccc[nH]1.[O]=[Mo+2]=[O]. The molecule has 4 aromatic rings. The van der Waals surface area contributed by atoms with Gasteiger partial charge in [-0.25, -0.2) is 20.0 Å². The second kappa shape index (κ2) is 17.0. The Hall–Kier alpha value is -1.89. The van der Waals surface area contributed by atoms with E-state index < -0.39 is 18.5 Å². The number of aromatic amines is 4. The molecule has 10 nitrogen and oxygen atoms in total. The van der Waals surface area contributed by atoms with Crippen LogP contribution in [0.2, 0.25) is 0 Å². The number of anilines is 4. The first kappa shape index (κ1) is 33.3. The van der Waals surface area contributed by atoms with E-state index in [-0.39, 0.29) is 8.64 Å². The summed E-state index contributed by atoms with van der Waals surface area (Å²) in [6.45, 7) is 0. The number of thiol groups is 2. The summed E-state index contributed by atoms with van der Waals surface area (Å²) in [5.41, 5.74) is 0. The summed E-state index contributed by atoms with van der Waals surface area (Å²) >= 11 is 37.1. The monoisotopic (exact) mass is 756 g/mol. The normalized spacial score (nSPS) is 9.49. The van der Waals surface area contributed by atoms with E-state index in [0.29, 0.717) is 8.64 Å². The molecule has 0 saturated heterocycles. The summed E-state index contributed by atoms with van der Waals surface area (Å²) in [4.78, 5) is 12.2. The first-order valence-electron chi connectivity index (χ1n) is 10.2. The second-order valence-corrected chi connectivity index (χ2v) is 11.3. The Balaban J connectivity index is 0.000000249. The minimum absolute atomic E-state index is 0.239. The second-order valence-electron chi connectivity index (χ2n) is 6.63. The number of nitrogens with zero attached hydrogens (tertiary/aromatic N) is 4. The van der Waals surface area contributed by atoms with Gasteiger partial charge in [-0.15, -0.1) is 25.3 Å². The molecule has 0 aliphatic carbocycles. The Bertz CT molecular complexity index is 1170. The molecule has 0 bridgehead atoms. The molecule has 0 fully saturated rings. The molecular weight excluding hydrogens is 737 g/mol. The van der Waals surface area contributed by atoms with Gasteiger partial charge >= 0.3 is 25.3 Å². The van der Waals surface area contributed by atoms with Crippen LogP contribution in [0.1, 0.15) is 0 Å².